The third-order valence-corrected chi connectivity index (χ3v) is 7.82. The van der Waals surface area contributed by atoms with Gasteiger partial charge in [-0.15, -0.1) is 0 Å². The van der Waals surface area contributed by atoms with Gasteiger partial charge in [0.2, 0.25) is 0 Å². The summed E-state index contributed by atoms with van der Waals surface area (Å²) < 4.78 is 7.37. The number of allylic oxidation sites excluding steroid dienone is 2. The van der Waals surface area contributed by atoms with Crippen LogP contribution >= 0.6 is 0 Å². The second-order valence-electron chi connectivity index (χ2n) is 10.0. The highest BCUT2D eigenvalue weighted by molar-refractivity contribution is 6.15. The van der Waals surface area contributed by atoms with Gasteiger partial charge in [-0.1, -0.05) is 56.3 Å². The maximum atomic E-state index is 12.6. The molecule has 1 saturated carbocycles. The Morgan fingerprint density at radius 3 is 2.56 bits per heavy atom. The molecule has 0 N–H and O–H groups in total. The van der Waals surface area contributed by atoms with E-state index in [0.717, 1.165) is 35.4 Å². The molecule has 0 radical (unpaired) electrons. The van der Waals surface area contributed by atoms with Crippen LogP contribution in [0.3, 0.4) is 0 Å². The molecule has 1 heterocycles. The Kier molecular flexibility index (Phi) is 5.51. The number of esters is 1. The first kappa shape index (κ1) is 22.3. The van der Waals surface area contributed by atoms with E-state index in [1.54, 1.807) is 16.7 Å². The number of nitrogens with zero attached hydrogens (tertiary/aromatic N) is 2. The van der Waals surface area contributed by atoms with E-state index < -0.39 is 0 Å². The van der Waals surface area contributed by atoms with Gasteiger partial charge in [-0.3, -0.25) is 9.36 Å². The van der Waals surface area contributed by atoms with E-state index in [2.05, 4.69) is 26.5 Å². The van der Waals surface area contributed by atoms with Crippen LogP contribution in [0.5, 0.6) is 0 Å². The van der Waals surface area contributed by atoms with Gasteiger partial charge in [-0.05, 0) is 54.4 Å². The lowest BCUT2D eigenvalue weighted by molar-refractivity contribution is -0.112. The van der Waals surface area contributed by atoms with Gasteiger partial charge in [0.25, 0.3) is 0 Å². The average Bonchev–Trinajstić information content (AvgIpc) is 3.23. The molecule has 3 aliphatic carbocycles. The minimum atomic E-state index is -0.324. The smallest absolute Gasteiger partial charge is 0.338 e. The quantitative estimate of drug-likeness (QED) is 0.239. The lowest BCUT2D eigenvalue weighted by Gasteiger charge is -2.56. The molecule has 1 aromatic heterocycles. The summed E-state index contributed by atoms with van der Waals surface area (Å²) in [4.78, 5) is 29.4. The number of ether oxygens (including phenoxy) is 1. The molecule has 3 aromatic rings. The molecule has 0 unspecified atom stereocenters. The topological polar surface area (TPSA) is 61.2 Å². The fraction of sp³-hybridized carbons (Fsp3) is 0.345. The van der Waals surface area contributed by atoms with Crippen LogP contribution in [0.25, 0.3) is 28.1 Å². The third-order valence-electron chi connectivity index (χ3n) is 7.82. The summed E-state index contributed by atoms with van der Waals surface area (Å²) >= 11 is 0. The molecule has 2 bridgehead atoms. The second kappa shape index (κ2) is 8.39. The molecule has 2 aromatic carbocycles. The Bertz CT molecular complexity index is 1330. The zero-order valence-electron chi connectivity index (χ0n) is 20.0. The molecule has 1 fully saturated rings. The molecule has 5 heteroatoms. The fourth-order valence-electron chi connectivity index (χ4n) is 5.51. The molecule has 2 atom stereocenters. The van der Waals surface area contributed by atoms with Crippen molar-refractivity contribution in [2.45, 2.75) is 40.0 Å². The number of hydrogen-bond donors (Lipinski definition) is 0. The monoisotopic (exact) mass is 454 g/mol. The van der Waals surface area contributed by atoms with Crippen LogP contribution < -0.4 is 0 Å². The van der Waals surface area contributed by atoms with E-state index in [-0.39, 0.29) is 11.8 Å². The molecule has 0 amide bonds. The van der Waals surface area contributed by atoms with Crippen molar-refractivity contribution in [2.24, 2.45) is 17.3 Å². The number of carbonyl (C=O) groups excluding carboxylic acids is 2. The minimum absolute atomic E-state index is 0.126. The van der Waals surface area contributed by atoms with Gasteiger partial charge in [0.05, 0.1) is 28.9 Å². The molecular formula is C29H30N2O3. The van der Waals surface area contributed by atoms with Crippen LogP contribution in [-0.4, -0.2) is 27.9 Å². The number of fused-ring (bicyclic) bond motifs is 2. The summed E-state index contributed by atoms with van der Waals surface area (Å²) in [7, 11) is 0. The van der Waals surface area contributed by atoms with Gasteiger partial charge in [0, 0.05) is 18.9 Å². The lowest BCUT2D eigenvalue weighted by atomic mass is 9.48. The van der Waals surface area contributed by atoms with Crippen molar-refractivity contribution in [3.63, 3.8) is 0 Å². The number of benzene rings is 2. The third kappa shape index (κ3) is 3.69. The summed E-state index contributed by atoms with van der Waals surface area (Å²) in [5.74, 6) is 1.61. The van der Waals surface area contributed by atoms with Crippen molar-refractivity contribution in [2.75, 3.05) is 6.61 Å². The molecule has 0 saturated heterocycles. The molecule has 5 nitrogen and oxygen atoms in total. The lowest BCUT2D eigenvalue weighted by Crippen LogP contribution is -2.48. The van der Waals surface area contributed by atoms with Gasteiger partial charge < -0.3 is 4.74 Å². The zero-order valence-corrected chi connectivity index (χ0v) is 20.0. The summed E-state index contributed by atoms with van der Waals surface area (Å²) in [6, 6.07) is 14.8. The SMILES string of the molecule is C=C(C(C)=O)n1c(-c2ccc(C(=O)OCCC3=CC[C@H]4C[C@@H]3C4(C)C)cc2)nc2ccccc21. The first-order valence-corrected chi connectivity index (χ1v) is 11.9. The first-order valence-electron chi connectivity index (χ1n) is 11.9. The number of ketones is 1. The van der Waals surface area contributed by atoms with E-state index in [1.165, 1.54) is 18.9 Å². The number of carbonyl (C=O) groups is 2. The van der Waals surface area contributed by atoms with Crippen molar-refractivity contribution >= 4 is 28.5 Å². The van der Waals surface area contributed by atoms with Crippen LogP contribution in [-0.2, 0) is 9.53 Å². The molecule has 6 rings (SSSR count). The van der Waals surface area contributed by atoms with E-state index >= 15 is 0 Å². The number of Topliss-reactive ketones (excluding diaryl/α,β-unsaturated/α-hetero) is 1. The maximum Gasteiger partial charge on any atom is 0.338 e. The molecule has 3 aliphatic rings. The van der Waals surface area contributed by atoms with E-state index in [9.17, 15) is 9.59 Å². The summed E-state index contributed by atoms with van der Waals surface area (Å²) in [6.45, 7) is 10.6. The van der Waals surface area contributed by atoms with Crippen LogP contribution in [0.15, 0.2) is 66.8 Å². The normalized spacial score (nSPS) is 20.4. The fourth-order valence-corrected chi connectivity index (χ4v) is 5.51. The van der Waals surface area contributed by atoms with Crippen molar-refractivity contribution in [3.05, 3.63) is 72.3 Å². The maximum absolute atomic E-state index is 12.6. The first-order chi connectivity index (χ1) is 16.3. The van der Waals surface area contributed by atoms with E-state index in [4.69, 9.17) is 9.72 Å². The highest BCUT2D eigenvalue weighted by Gasteiger charge is 2.50. The van der Waals surface area contributed by atoms with E-state index in [1.807, 2.05) is 36.4 Å². The number of aromatic nitrogens is 2. The zero-order chi connectivity index (χ0) is 24.0. The van der Waals surface area contributed by atoms with Gasteiger partial charge in [-0.2, -0.15) is 0 Å². The van der Waals surface area contributed by atoms with Crippen molar-refractivity contribution in [3.8, 4) is 11.4 Å². The van der Waals surface area contributed by atoms with Crippen LogP contribution in [0.2, 0.25) is 0 Å². The minimum Gasteiger partial charge on any atom is -0.462 e. The van der Waals surface area contributed by atoms with Crippen molar-refractivity contribution < 1.29 is 14.3 Å². The van der Waals surface area contributed by atoms with Crippen LogP contribution in [0.1, 0.15) is 50.4 Å². The Hall–Kier alpha value is -3.47. The van der Waals surface area contributed by atoms with Crippen LogP contribution in [0, 0.1) is 17.3 Å². The highest BCUT2D eigenvalue weighted by Crippen LogP contribution is 2.59. The second-order valence-corrected chi connectivity index (χ2v) is 10.0. The summed E-state index contributed by atoms with van der Waals surface area (Å²) in [5.41, 5.74) is 5.07. The van der Waals surface area contributed by atoms with Crippen molar-refractivity contribution in [1.82, 2.24) is 9.55 Å². The molecule has 34 heavy (non-hydrogen) atoms. The summed E-state index contributed by atoms with van der Waals surface area (Å²) in [6.07, 6.45) is 5.58. The van der Waals surface area contributed by atoms with Gasteiger partial charge in [0.1, 0.15) is 5.82 Å². The number of rotatable bonds is 7. The molecule has 174 valence electrons. The standard InChI is InChI=1S/C29H30N2O3/c1-18(19(2)32)31-26-8-6-5-7-25(26)30-27(31)21-9-11-22(12-10-21)28(33)34-16-15-20-13-14-23-17-24(20)29(23,3)4/h5-13,23-24H,1,14-17H2,2-4H3/t23-,24-/m0/s1. The van der Waals surface area contributed by atoms with Gasteiger partial charge >= 0.3 is 5.97 Å². The Labute approximate surface area is 200 Å². The van der Waals surface area contributed by atoms with E-state index in [0.29, 0.717) is 35.0 Å². The molecular weight excluding hydrogens is 424 g/mol. The van der Waals surface area contributed by atoms with Gasteiger partial charge in [0.15, 0.2) is 5.78 Å². The van der Waals surface area contributed by atoms with Crippen LogP contribution in [0.4, 0.5) is 0 Å². The Morgan fingerprint density at radius 2 is 1.88 bits per heavy atom. The predicted molar refractivity (Wildman–Crippen MR) is 134 cm³/mol. The van der Waals surface area contributed by atoms with Crippen molar-refractivity contribution in [1.29, 1.82) is 0 Å². The predicted octanol–water partition coefficient (Wildman–Crippen LogP) is 6.30. The molecule has 0 spiro atoms. The summed E-state index contributed by atoms with van der Waals surface area (Å²) in [5, 5.41) is 0. The molecule has 0 aliphatic heterocycles. The number of para-hydroxylation sites is 2. The largest absolute Gasteiger partial charge is 0.462 e. The number of hydrogen-bond acceptors (Lipinski definition) is 4. The Balaban J connectivity index is 1.30. The Morgan fingerprint density at radius 1 is 1.15 bits per heavy atom. The average molecular weight is 455 g/mol. The highest BCUT2D eigenvalue weighted by atomic mass is 16.5. The number of imidazole rings is 1. The van der Waals surface area contributed by atoms with Gasteiger partial charge in [-0.25, -0.2) is 9.78 Å².